The molecule has 2 amide bonds. The molecule has 1 aromatic carbocycles. The molecule has 1 aliphatic rings. The first kappa shape index (κ1) is 21.5. The van der Waals surface area contributed by atoms with Gasteiger partial charge in [-0.2, -0.15) is 0 Å². The smallest absolute Gasteiger partial charge is 0.407 e. The molecule has 0 saturated heterocycles. The molecule has 1 saturated carbocycles. The summed E-state index contributed by atoms with van der Waals surface area (Å²) >= 11 is 0. The lowest BCUT2D eigenvalue weighted by molar-refractivity contribution is -0.384. The number of hydrogen-bond acceptors (Lipinski definition) is 6. The molecule has 0 atom stereocenters. The van der Waals surface area contributed by atoms with Gasteiger partial charge in [-0.3, -0.25) is 24.3 Å². The van der Waals surface area contributed by atoms with Gasteiger partial charge in [-0.1, -0.05) is 19.3 Å². The number of carbonyl (C=O) groups is 2. The first-order valence-electron chi connectivity index (χ1n) is 10.3. The number of nitro benzene ring substituents is 1. The summed E-state index contributed by atoms with van der Waals surface area (Å²) in [5, 5.41) is 16.4. The molecule has 1 fully saturated rings. The Morgan fingerprint density at radius 1 is 1.17 bits per heavy atom. The number of benzene rings is 1. The molecule has 10 nitrogen and oxygen atoms in total. The van der Waals surface area contributed by atoms with Crippen LogP contribution in [0.25, 0.3) is 11.1 Å². The van der Waals surface area contributed by atoms with Crippen LogP contribution in [0, 0.1) is 16.0 Å². The summed E-state index contributed by atoms with van der Waals surface area (Å²) in [6.07, 6.45) is 5.89. The molecule has 162 valence electrons. The van der Waals surface area contributed by atoms with Gasteiger partial charge in [-0.15, -0.1) is 0 Å². The Morgan fingerprint density at radius 2 is 1.90 bits per heavy atom. The molecule has 1 heterocycles. The predicted molar refractivity (Wildman–Crippen MR) is 109 cm³/mol. The minimum atomic E-state index is -0.615. The molecule has 0 unspecified atom stereocenters. The zero-order valence-electron chi connectivity index (χ0n) is 16.7. The summed E-state index contributed by atoms with van der Waals surface area (Å²) in [5.74, 6) is -0.621. The van der Waals surface area contributed by atoms with E-state index in [4.69, 9.17) is 4.42 Å². The van der Waals surface area contributed by atoms with Crippen molar-refractivity contribution in [1.29, 1.82) is 0 Å². The number of aryl methyl sites for hydroxylation is 1. The van der Waals surface area contributed by atoms with Gasteiger partial charge in [0, 0.05) is 38.0 Å². The van der Waals surface area contributed by atoms with Crippen molar-refractivity contribution in [3.05, 3.63) is 38.9 Å². The van der Waals surface area contributed by atoms with E-state index in [0.29, 0.717) is 25.0 Å². The maximum atomic E-state index is 12.0. The Kier molecular flexibility index (Phi) is 7.21. The van der Waals surface area contributed by atoms with Crippen LogP contribution < -0.4 is 16.4 Å². The van der Waals surface area contributed by atoms with Crippen LogP contribution in [-0.2, 0) is 16.1 Å². The lowest BCUT2D eigenvalue weighted by Gasteiger charge is -2.20. The van der Waals surface area contributed by atoms with Crippen LogP contribution in [0.15, 0.2) is 27.4 Å². The fourth-order valence-corrected chi connectivity index (χ4v) is 3.76. The summed E-state index contributed by atoms with van der Waals surface area (Å²) in [4.78, 5) is 46.3. The Labute approximate surface area is 172 Å². The molecule has 30 heavy (non-hydrogen) atoms. The fraction of sp³-hybridized carbons (Fsp3) is 0.550. The topological polar surface area (TPSA) is 136 Å². The van der Waals surface area contributed by atoms with Crippen LogP contribution in [0.5, 0.6) is 0 Å². The van der Waals surface area contributed by atoms with Crippen LogP contribution in [-0.4, -0.2) is 34.4 Å². The molecule has 2 N–H and O–H groups in total. The third-order valence-corrected chi connectivity index (χ3v) is 5.37. The predicted octanol–water partition coefficient (Wildman–Crippen LogP) is 2.10. The molecular weight excluding hydrogens is 392 g/mol. The lowest BCUT2D eigenvalue weighted by atomic mass is 9.89. The van der Waals surface area contributed by atoms with Crippen molar-refractivity contribution < 1.29 is 18.9 Å². The van der Waals surface area contributed by atoms with E-state index in [-0.39, 0.29) is 42.0 Å². The van der Waals surface area contributed by atoms with E-state index in [1.54, 1.807) is 0 Å². The number of nitrogens with one attached hydrogen (secondary N) is 2. The van der Waals surface area contributed by atoms with E-state index in [1.807, 2.05) is 0 Å². The number of non-ortho nitro benzene ring substituents is 1. The molecule has 10 heteroatoms. The number of nitro groups is 1. The number of oxazole rings is 1. The average Bonchev–Trinajstić information content (AvgIpc) is 3.06. The highest BCUT2D eigenvalue weighted by Crippen LogP contribution is 2.23. The van der Waals surface area contributed by atoms with Gasteiger partial charge in [0.15, 0.2) is 5.58 Å². The Hall–Kier alpha value is -3.17. The van der Waals surface area contributed by atoms with Crippen LogP contribution in [0.3, 0.4) is 0 Å². The standard InChI is InChI=1S/C20H26N4O6/c25-18(21-10-11-22-19(26)14-5-2-1-3-6-14)7-4-12-23-16-9-8-15(24(28)29)13-17(16)30-20(23)27/h8-9,13-14H,1-7,10-12H2,(H,21,25)(H,22,26). The van der Waals surface area contributed by atoms with Crippen molar-refractivity contribution in [2.45, 2.75) is 51.5 Å². The molecule has 0 radical (unpaired) electrons. The number of amides is 2. The monoisotopic (exact) mass is 418 g/mol. The zero-order chi connectivity index (χ0) is 21.5. The second kappa shape index (κ2) is 10.0. The minimum Gasteiger partial charge on any atom is -0.407 e. The summed E-state index contributed by atoms with van der Waals surface area (Å²) in [7, 11) is 0. The van der Waals surface area contributed by atoms with Gasteiger partial charge in [-0.05, 0) is 25.3 Å². The van der Waals surface area contributed by atoms with Gasteiger partial charge in [0.05, 0.1) is 16.5 Å². The highest BCUT2D eigenvalue weighted by Gasteiger charge is 2.20. The Balaban J connectivity index is 1.39. The maximum absolute atomic E-state index is 12.0. The number of fused-ring (bicyclic) bond motifs is 1. The van der Waals surface area contributed by atoms with Crippen molar-refractivity contribution in [1.82, 2.24) is 15.2 Å². The normalized spacial score (nSPS) is 14.5. The second-order valence-electron chi connectivity index (χ2n) is 7.51. The molecule has 2 aromatic rings. The van der Waals surface area contributed by atoms with E-state index < -0.39 is 10.7 Å². The van der Waals surface area contributed by atoms with E-state index in [2.05, 4.69) is 10.6 Å². The molecule has 1 aliphatic carbocycles. The molecule has 1 aromatic heterocycles. The van der Waals surface area contributed by atoms with E-state index in [0.717, 1.165) is 25.7 Å². The molecule has 0 bridgehead atoms. The van der Waals surface area contributed by atoms with Gasteiger partial charge in [0.2, 0.25) is 11.8 Å². The highest BCUT2D eigenvalue weighted by molar-refractivity contribution is 5.79. The van der Waals surface area contributed by atoms with Crippen molar-refractivity contribution >= 4 is 28.6 Å². The fourth-order valence-electron chi connectivity index (χ4n) is 3.76. The van der Waals surface area contributed by atoms with E-state index in [9.17, 15) is 24.5 Å². The number of hydrogen-bond donors (Lipinski definition) is 2. The highest BCUT2D eigenvalue weighted by atomic mass is 16.6. The lowest BCUT2D eigenvalue weighted by Crippen LogP contribution is -2.38. The van der Waals surface area contributed by atoms with Crippen molar-refractivity contribution in [2.75, 3.05) is 13.1 Å². The molecule has 0 spiro atoms. The first-order valence-corrected chi connectivity index (χ1v) is 10.3. The number of aromatic nitrogens is 1. The largest absolute Gasteiger partial charge is 0.419 e. The number of nitrogens with zero attached hydrogens (tertiary/aromatic N) is 2. The molecule has 0 aliphatic heterocycles. The van der Waals surface area contributed by atoms with Gasteiger partial charge in [0.1, 0.15) is 0 Å². The van der Waals surface area contributed by atoms with Crippen molar-refractivity contribution in [3.63, 3.8) is 0 Å². The summed E-state index contributed by atoms with van der Waals surface area (Å²) in [6, 6.07) is 3.98. The molecular formula is C20H26N4O6. The third-order valence-electron chi connectivity index (χ3n) is 5.37. The first-order chi connectivity index (χ1) is 14.5. The van der Waals surface area contributed by atoms with Crippen molar-refractivity contribution in [2.24, 2.45) is 5.92 Å². The van der Waals surface area contributed by atoms with Gasteiger partial charge in [-0.25, -0.2) is 4.79 Å². The Morgan fingerprint density at radius 3 is 2.63 bits per heavy atom. The van der Waals surface area contributed by atoms with Crippen LogP contribution >= 0.6 is 0 Å². The van der Waals surface area contributed by atoms with Gasteiger partial charge >= 0.3 is 5.76 Å². The van der Waals surface area contributed by atoms with Gasteiger partial charge < -0.3 is 15.1 Å². The van der Waals surface area contributed by atoms with Crippen molar-refractivity contribution in [3.8, 4) is 0 Å². The Bertz CT molecular complexity index is 973. The second-order valence-corrected chi connectivity index (χ2v) is 7.51. The van der Waals surface area contributed by atoms with E-state index in [1.165, 1.54) is 29.2 Å². The molecule has 3 rings (SSSR count). The van der Waals surface area contributed by atoms with Crippen LogP contribution in [0.4, 0.5) is 5.69 Å². The quantitative estimate of drug-likeness (QED) is 0.363. The summed E-state index contributed by atoms with van der Waals surface area (Å²) < 4.78 is 6.42. The number of rotatable bonds is 9. The maximum Gasteiger partial charge on any atom is 0.419 e. The minimum absolute atomic E-state index is 0.0652. The summed E-state index contributed by atoms with van der Waals surface area (Å²) in [6.45, 7) is 1.01. The van der Waals surface area contributed by atoms with Crippen LogP contribution in [0.1, 0.15) is 44.9 Å². The van der Waals surface area contributed by atoms with Crippen LogP contribution in [0.2, 0.25) is 0 Å². The van der Waals surface area contributed by atoms with E-state index >= 15 is 0 Å². The zero-order valence-corrected chi connectivity index (χ0v) is 16.7. The average molecular weight is 418 g/mol. The summed E-state index contributed by atoms with van der Waals surface area (Å²) in [5.41, 5.74) is 0.446. The SMILES string of the molecule is O=C(CCCn1c(=O)oc2cc([N+](=O)[O-])ccc21)NCCNC(=O)C1CCCCC1. The third kappa shape index (κ3) is 5.46. The number of carbonyl (C=O) groups excluding carboxylic acids is 2. The van der Waals surface area contributed by atoms with Gasteiger partial charge in [0.25, 0.3) is 5.69 Å².